The number of rotatable bonds is 6. The SMILES string of the molecule is COC(=O)CN(CC(=O)OC)C(=O)c1n[nH]c(C2CC2)n1. The van der Waals surface area contributed by atoms with Gasteiger partial charge < -0.3 is 14.4 Å². The average Bonchev–Trinajstić information content (AvgIpc) is 3.22. The van der Waals surface area contributed by atoms with Gasteiger partial charge in [-0.1, -0.05) is 0 Å². The van der Waals surface area contributed by atoms with E-state index in [-0.39, 0.29) is 18.9 Å². The van der Waals surface area contributed by atoms with Crippen LogP contribution in [-0.2, 0) is 19.1 Å². The maximum absolute atomic E-state index is 12.3. The van der Waals surface area contributed by atoms with Gasteiger partial charge in [-0.3, -0.25) is 19.5 Å². The normalized spacial score (nSPS) is 13.6. The highest BCUT2D eigenvalue weighted by Gasteiger charge is 2.30. The molecule has 1 aromatic heterocycles. The van der Waals surface area contributed by atoms with Gasteiger partial charge in [0.15, 0.2) is 0 Å². The van der Waals surface area contributed by atoms with Gasteiger partial charge in [0, 0.05) is 5.92 Å². The van der Waals surface area contributed by atoms with Crippen molar-refractivity contribution in [2.24, 2.45) is 0 Å². The van der Waals surface area contributed by atoms with Gasteiger partial charge in [0.2, 0.25) is 5.82 Å². The number of aromatic nitrogens is 3. The molecule has 1 N–H and O–H groups in total. The molecule has 0 aromatic carbocycles. The summed E-state index contributed by atoms with van der Waals surface area (Å²) < 4.78 is 9.00. The summed E-state index contributed by atoms with van der Waals surface area (Å²) in [6.07, 6.45) is 2.02. The Balaban J connectivity index is 2.10. The number of hydrogen-bond acceptors (Lipinski definition) is 7. The van der Waals surface area contributed by atoms with Gasteiger partial charge in [-0.05, 0) is 12.8 Å². The first-order chi connectivity index (χ1) is 10.0. The molecule has 1 heterocycles. The molecule has 9 nitrogen and oxygen atoms in total. The summed E-state index contributed by atoms with van der Waals surface area (Å²) in [6, 6.07) is 0. The second-order valence-corrected chi connectivity index (χ2v) is 4.63. The van der Waals surface area contributed by atoms with Crippen molar-refractivity contribution in [3.05, 3.63) is 11.6 Å². The van der Waals surface area contributed by atoms with Crippen molar-refractivity contribution < 1.29 is 23.9 Å². The van der Waals surface area contributed by atoms with Crippen LogP contribution in [0.4, 0.5) is 0 Å². The van der Waals surface area contributed by atoms with E-state index in [2.05, 4.69) is 24.7 Å². The van der Waals surface area contributed by atoms with Gasteiger partial charge in [0.1, 0.15) is 18.9 Å². The number of carbonyl (C=O) groups excluding carboxylic acids is 3. The Morgan fingerprint density at radius 2 is 1.76 bits per heavy atom. The summed E-state index contributed by atoms with van der Waals surface area (Å²) in [4.78, 5) is 40.0. The van der Waals surface area contributed by atoms with Crippen molar-refractivity contribution in [1.82, 2.24) is 20.1 Å². The molecule has 0 radical (unpaired) electrons. The molecule has 1 saturated carbocycles. The van der Waals surface area contributed by atoms with E-state index in [1.807, 2.05) is 0 Å². The summed E-state index contributed by atoms with van der Waals surface area (Å²) in [5.74, 6) is -1.04. The monoisotopic (exact) mass is 296 g/mol. The first kappa shape index (κ1) is 14.9. The minimum Gasteiger partial charge on any atom is -0.468 e. The standard InChI is InChI=1S/C12H16N4O5/c1-20-8(17)5-16(6-9(18)21-2)12(19)11-13-10(14-15-11)7-3-4-7/h7H,3-6H2,1-2H3,(H,13,14,15). The van der Waals surface area contributed by atoms with E-state index in [4.69, 9.17) is 0 Å². The predicted octanol–water partition coefficient (Wildman–Crippen LogP) is -0.530. The van der Waals surface area contributed by atoms with Gasteiger partial charge in [0.05, 0.1) is 14.2 Å². The van der Waals surface area contributed by atoms with Crippen LogP contribution in [0.3, 0.4) is 0 Å². The highest BCUT2D eigenvalue weighted by molar-refractivity contribution is 5.94. The number of methoxy groups -OCH3 is 2. The number of nitrogens with zero attached hydrogens (tertiary/aromatic N) is 3. The average molecular weight is 296 g/mol. The van der Waals surface area contributed by atoms with Crippen molar-refractivity contribution >= 4 is 17.8 Å². The van der Waals surface area contributed by atoms with Gasteiger partial charge in [-0.2, -0.15) is 0 Å². The molecular weight excluding hydrogens is 280 g/mol. The van der Waals surface area contributed by atoms with Gasteiger partial charge >= 0.3 is 11.9 Å². The summed E-state index contributed by atoms with van der Waals surface area (Å²) >= 11 is 0. The number of esters is 2. The van der Waals surface area contributed by atoms with Gasteiger partial charge in [0.25, 0.3) is 5.91 Å². The second-order valence-electron chi connectivity index (χ2n) is 4.63. The van der Waals surface area contributed by atoms with Crippen molar-refractivity contribution in [3.63, 3.8) is 0 Å². The van der Waals surface area contributed by atoms with E-state index in [0.717, 1.165) is 17.7 Å². The number of carbonyl (C=O) groups is 3. The number of ether oxygens (including phenoxy) is 2. The lowest BCUT2D eigenvalue weighted by Crippen LogP contribution is -2.40. The molecule has 21 heavy (non-hydrogen) atoms. The smallest absolute Gasteiger partial charge is 0.325 e. The van der Waals surface area contributed by atoms with Crippen LogP contribution in [0.25, 0.3) is 0 Å². The fraction of sp³-hybridized carbons (Fsp3) is 0.583. The molecule has 1 aromatic rings. The molecule has 0 unspecified atom stereocenters. The quantitative estimate of drug-likeness (QED) is 0.702. The van der Waals surface area contributed by atoms with Crippen molar-refractivity contribution in [1.29, 1.82) is 0 Å². The third-order valence-corrected chi connectivity index (χ3v) is 3.04. The molecule has 1 aliphatic carbocycles. The zero-order valence-corrected chi connectivity index (χ0v) is 11.8. The third-order valence-electron chi connectivity index (χ3n) is 3.04. The maximum Gasteiger partial charge on any atom is 0.325 e. The zero-order valence-electron chi connectivity index (χ0n) is 11.8. The highest BCUT2D eigenvalue weighted by Crippen LogP contribution is 2.37. The summed E-state index contributed by atoms with van der Waals surface area (Å²) in [7, 11) is 2.39. The van der Waals surface area contributed by atoms with E-state index in [0.29, 0.717) is 11.7 Å². The summed E-state index contributed by atoms with van der Waals surface area (Å²) in [5.41, 5.74) is 0. The van der Waals surface area contributed by atoms with Crippen LogP contribution < -0.4 is 0 Å². The fourth-order valence-corrected chi connectivity index (χ4v) is 1.69. The van der Waals surface area contributed by atoms with E-state index in [1.54, 1.807) is 0 Å². The van der Waals surface area contributed by atoms with Gasteiger partial charge in [-0.15, -0.1) is 5.10 Å². The Kier molecular flexibility index (Phi) is 4.51. The molecule has 9 heteroatoms. The van der Waals surface area contributed by atoms with Crippen LogP contribution in [0.1, 0.15) is 35.2 Å². The van der Waals surface area contributed by atoms with Crippen molar-refractivity contribution in [3.8, 4) is 0 Å². The molecule has 0 atom stereocenters. The summed E-state index contributed by atoms with van der Waals surface area (Å²) in [6.45, 7) is -0.754. The molecule has 2 rings (SSSR count). The Hall–Kier alpha value is -2.45. The van der Waals surface area contributed by atoms with E-state index in [1.165, 1.54) is 14.2 Å². The predicted molar refractivity (Wildman–Crippen MR) is 68.3 cm³/mol. The summed E-state index contributed by atoms with van der Waals surface area (Å²) in [5, 5.41) is 6.53. The molecule has 0 saturated heterocycles. The van der Waals surface area contributed by atoms with Crippen LogP contribution in [0.15, 0.2) is 0 Å². The zero-order chi connectivity index (χ0) is 15.4. The molecule has 0 aliphatic heterocycles. The lowest BCUT2D eigenvalue weighted by atomic mass is 10.4. The van der Waals surface area contributed by atoms with Gasteiger partial charge in [-0.25, -0.2) is 4.98 Å². The van der Waals surface area contributed by atoms with E-state index < -0.39 is 17.8 Å². The highest BCUT2D eigenvalue weighted by atomic mass is 16.5. The molecule has 114 valence electrons. The first-order valence-corrected chi connectivity index (χ1v) is 6.40. The van der Waals surface area contributed by atoms with Crippen LogP contribution >= 0.6 is 0 Å². The van der Waals surface area contributed by atoms with E-state index >= 15 is 0 Å². The fourth-order valence-electron chi connectivity index (χ4n) is 1.69. The Labute approximate surface area is 120 Å². The second kappa shape index (κ2) is 6.33. The minimum absolute atomic E-state index is 0.0790. The first-order valence-electron chi connectivity index (χ1n) is 6.40. The molecule has 0 bridgehead atoms. The Bertz CT molecular complexity index is 534. The maximum atomic E-state index is 12.3. The molecular formula is C12H16N4O5. The molecule has 1 aliphatic rings. The van der Waals surface area contributed by atoms with Crippen molar-refractivity contribution in [2.45, 2.75) is 18.8 Å². The molecule has 0 spiro atoms. The number of H-pyrrole nitrogens is 1. The Morgan fingerprint density at radius 3 is 2.24 bits per heavy atom. The largest absolute Gasteiger partial charge is 0.468 e. The molecule has 1 fully saturated rings. The third kappa shape index (κ3) is 3.77. The van der Waals surface area contributed by atoms with Crippen LogP contribution in [0.5, 0.6) is 0 Å². The molecule has 1 amide bonds. The number of aromatic amines is 1. The van der Waals surface area contributed by atoms with Crippen LogP contribution in [0.2, 0.25) is 0 Å². The van der Waals surface area contributed by atoms with Crippen LogP contribution in [0, 0.1) is 0 Å². The number of nitrogens with one attached hydrogen (secondary N) is 1. The van der Waals surface area contributed by atoms with Crippen LogP contribution in [-0.4, -0.2) is 65.2 Å². The topological polar surface area (TPSA) is 114 Å². The number of hydrogen-bond donors (Lipinski definition) is 1. The minimum atomic E-state index is -0.648. The Morgan fingerprint density at radius 1 is 1.19 bits per heavy atom. The van der Waals surface area contributed by atoms with Crippen molar-refractivity contribution in [2.75, 3.05) is 27.3 Å². The lowest BCUT2D eigenvalue weighted by Gasteiger charge is -2.18. The lowest BCUT2D eigenvalue weighted by molar-refractivity contribution is -0.144. The number of amides is 1. The van der Waals surface area contributed by atoms with E-state index in [9.17, 15) is 14.4 Å².